The molecule has 0 radical (unpaired) electrons. The lowest BCUT2D eigenvalue weighted by Gasteiger charge is -2.10. The molecule has 1 rings (SSSR count). The Hall–Kier alpha value is -1.09. The highest BCUT2D eigenvalue weighted by molar-refractivity contribution is 5.35. The number of hydrogen-bond acceptors (Lipinski definition) is 2. The number of phenols is 1. The van der Waals surface area contributed by atoms with Gasteiger partial charge in [-0.1, -0.05) is 19.1 Å². The van der Waals surface area contributed by atoms with Crippen LogP contribution in [0.25, 0.3) is 0 Å². The normalized spacial score (nSPS) is 12.9. The maximum atomic E-state index is 12.7. The van der Waals surface area contributed by atoms with Crippen molar-refractivity contribution in [2.24, 2.45) is 0 Å². The van der Waals surface area contributed by atoms with Crippen LogP contribution in [0.3, 0.4) is 0 Å². The van der Waals surface area contributed by atoms with Crippen LogP contribution in [0.2, 0.25) is 0 Å². The van der Waals surface area contributed by atoms with Gasteiger partial charge in [0.15, 0.2) is 11.6 Å². The molecular formula is C9H11FO2. The van der Waals surface area contributed by atoms with Crippen molar-refractivity contribution in [3.63, 3.8) is 0 Å². The third-order valence-electron chi connectivity index (χ3n) is 1.82. The van der Waals surface area contributed by atoms with Gasteiger partial charge in [-0.25, -0.2) is 4.39 Å². The lowest BCUT2D eigenvalue weighted by molar-refractivity contribution is 0.269. The third-order valence-corrected chi connectivity index (χ3v) is 1.82. The molecule has 1 atom stereocenters. The van der Waals surface area contributed by atoms with E-state index in [9.17, 15) is 9.50 Å². The van der Waals surface area contributed by atoms with E-state index in [2.05, 4.69) is 0 Å². The van der Waals surface area contributed by atoms with Crippen LogP contribution in [0.5, 0.6) is 5.75 Å². The molecule has 0 saturated carbocycles. The molecule has 0 fully saturated rings. The van der Waals surface area contributed by atoms with Crippen molar-refractivity contribution < 1.29 is 14.6 Å². The van der Waals surface area contributed by atoms with Crippen molar-refractivity contribution >= 4 is 0 Å². The molecule has 0 aromatic heterocycles. The predicted octanol–water partition coefficient (Wildman–Crippen LogP) is 1.63. The second-order valence-electron chi connectivity index (χ2n) is 2.76. The molecule has 1 unspecified atom stereocenters. The van der Waals surface area contributed by atoms with Gasteiger partial charge < -0.3 is 10.2 Å². The predicted molar refractivity (Wildman–Crippen MR) is 43.6 cm³/mol. The van der Waals surface area contributed by atoms with Gasteiger partial charge in [-0.3, -0.25) is 0 Å². The standard InChI is InChI=1S/C9H11FO2/c1-6(5-11)7-3-2-4-8(10)9(7)12/h2-4,6,11-12H,5H2,1H3. The molecule has 66 valence electrons. The number of benzene rings is 1. The molecule has 0 aliphatic carbocycles. The minimum absolute atomic E-state index is 0.100. The Morgan fingerprint density at radius 1 is 1.50 bits per heavy atom. The van der Waals surface area contributed by atoms with Crippen LogP contribution in [-0.2, 0) is 0 Å². The van der Waals surface area contributed by atoms with Crippen molar-refractivity contribution in [2.45, 2.75) is 12.8 Å². The van der Waals surface area contributed by atoms with Crippen molar-refractivity contribution in [3.8, 4) is 5.75 Å². The number of phenolic OH excluding ortho intramolecular Hbond substituents is 1. The lowest BCUT2D eigenvalue weighted by Crippen LogP contribution is -1.99. The van der Waals surface area contributed by atoms with Gasteiger partial charge >= 0.3 is 0 Å². The number of aliphatic hydroxyl groups excluding tert-OH is 1. The van der Waals surface area contributed by atoms with E-state index >= 15 is 0 Å². The summed E-state index contributed by atoms with van der Waals surface area (Å²) in [6.45, 7) is 1.62. The van der Waals surface area contributed by atoms with Gasteiger partial charge in [0.1, 0.15) is 0 Å². The largest absolute Gasteiger partial charge is 0.505 e. The van der Waals surface area contributed by atoms with Gasteiger partial charge in [0.25, 0.3) is 0 Å². The van der Waals surface area contributed by atoms with E-state index in [1.54, 1.807) is 13.0 Å². The van der Waals surface area contributed by atoms with Crippen molar-refractivity contribution in [2.75, 3.05) is 6.61 Å². The molecule has 0 bridgehead atoms. The Balaban J connectivity index is 3.07. The van der Waals surface area contributed by atoms with Gasteiger partial charge in [0.05, 0.1) is 0 Å². The fourth-order valence-corrected chi connectivity index (χ4v) is 1.03. The minimum Gasteiger partial charge on any atom is -0.505 e. The summed E-state index contributed by atoms with van der Waals surface area (Å²) in [7, 11) is 0. The quantitative estimate of drug-likeness (QED) is 0.708. The zero-order valence-electron chi connectivity index (χ0n) is 6.79. The Bertz CT molecular complexity index is 273. The molecule has 3 heteroatoms. The molecule has 2 nitrogen and oxygen atoms in total. The second kappa shape index (κ2) is 3.54. The zero-order chi connectivity index (χ0) is 9.14. The van der Waals surface area contributed by atoms with E-state index in [4.69, 9.17) is 5.11 Å². The Morgan fingerprint density at radius 3 is 2.75 bits per heavy atom. The van der Waals surface area contributed by atoms with Gasteiger partial charge in [-0.05, 0) is 6.07 Å². The maximum Gasteiger partial charge on any atom is 0.165 e. The summed E-state index contributed by atoms with van der Waals surface area (Å²) in [6, 6.07) is 4.29. The third kappa shape index (κ3) is 1.56. The summed E-state index contributed by atoms with van der Waals surface area (Å²) >= 11 is 0. The Kier molecular flexibility index (Phi) is 2.65. The summed E-state index contributed by atoms with van der Waals surface area (Å²) < 4.78 is 12.7. The smallest absolute Gasteiger partial charge is 0.165 e. The van der Waals surface area contributed by atoms with Crippen molar-refractivity contribution in [1.82, 2.24) is 0 Å². The van der Waals surface area contributed by atoms with Crippen molar-refractivity contribution in [1.29, 1.82) is 0 Å². The lowest BCUT2D eigenvalue weighted by atomic mass is 10.0. The first-order valence-electron chi connectivity index (χ1n) is 3.75. The molecule has 0 aliphatic heterocycles. The highest BCUT2D eigenvalue weighted by Crippen LogP contribution is 2.27. The SMILES string of the molecule is CC(CO)c1cccc(F)c1O. The summed E-state index contributed by atoms with van der Waals surface area (Å²) in [4.78, 5) is 0. The highest BCUT2D eigenvalue weighted by Gasteiger charge is 2.11. The first-order valence-corrected chi connectivity index (χ1v) is 3.75. The molecule has 0 aliphatic rings. The molecule has 1 aromatic carbocycles. The first-order chi connectivity index (χ1) is 5.66. The van der Waals surface area contributed by atoms with Gasteiger partial charge in [0.2, 0.25) is 0 Å². The maximum absolute atomic E-state index is 12.7. The Labute approximate surface area is 70.3 Å². The van der Waals surface area contributed by atoms with Crippen LogP contribution in [-0.4, -0.2) is 16.8 Å². The van der Waals surface area contributed by atoms with Crippen LogP contribution < -0.4 is 0 Å². The van der Waals surface area contributed by atoms with E-state index < -0.39 is 5.82 Å². The zero-order valence-corrected chi connectivity index (χ0v) is 6.79. The number of para-hydroxylation sites is 1. The van der Waals surface area contributed by atoms with Crippen LogP contribution in [0.1, 0.15) is 18.4 Å². The minimum atomic E-state index is -0.646. The first kappa shape index (κ1) is 9.00. The number of halogens is 1. The number of aromatic hydroxyl groups is 1. The van der Waals surface area contributed by atoms with Gasteiger partial charge in [-0.15, -0.1) is 0 Å². The second-order valence-corrected chi connectivity index (χ2v) is 2.76. The van der Waals surface area contributed by atoms with E-state index in [1.807, 2.05) is 0 Å². The fourth-order valence-electron chi connectivity index (χ4n) is 1.03. The van der Waals surface area contributed by atoms with Crippen LogP contribution in [0.4, 0.5) is 4.39 Å². The van der Waals surface area contributed by atoms with Crippen molar-refractivity contribution in [3.05, 3.63) is 29.6 Å². The number of rotatable bonds is 2. The molecule has 12 heavy (non-hydrogen) atoms. The average molecular weight is 170 g/mol. The topological polar surface area (TPSA) is 40.5 Å². The average Bonchev–Trinajstić information content (AvgIpc) is 2.08. The molecule has 0 spiro atoms. The molecule has 0 heterocycles. The highest BCUT2D eigenvalue weighted by atomic mass is 19.1. The number of aliphatic hydroxyl groups is 1. The van der Waals surface area contributed by atoms with E-state index in [1.165, 1.54) is 12.1 Å². The van der Waals surface area contributed by atoms with Crippen LogP contribution >= 0.6 is 0 Å². The molecular weight excluding hydrogens is 159 g/mol. The summed E-state index contributed by atoms with van der Waals surface area (Å²) in [5, 5.41) is 18.0. The fraction of sp³-hybridized carbons (Fsp3) is 0.333. The van der Waals surface area contributed by atoms with Gasteiger partial charge in [-0.2, -0.15) is 0 Å². The van der Waals surface area contributed by atoms with Gasteiger partial charge in [0, 0.05) is 18.1 Å². The summed E-state index contributed by atoms with van der Waals surface area (Å²) in [6.07, 6.45) is 0. The van der Waals surface area contributed by atoms with Crippen LogP contribution in [0, 0.1) is 5.82 Å². The Morgan fingerprint density at radius 2 is 2.17 bits per heavy atom. The monoisotopic (exact) mass is 170 g/mol. The van der Waals surface area contributed by atoms with E-state index in [0.29, 0.717) is 5.56 Å². The van der Waals surface area contributed by atoms with E-state index in [0.717, 1.165) is 0 Å². The van der Waals surface area contributed by atoms with E-state index in [-0.39, 0.29) is 18.3 Å². The summed E-state index contributed by atoms with van der Waals surface area (Å²) in [5.41, 5.74) is 0.442. The molecule has 1 aromatic rings. The van der Waals surface area contributed by atoms with Crippen LogP contribution in [0.15, 0.2) is 18.2 Å². The number of hydrogen-bond donors (Lipinski definition) is 2. The molecule has 0 saturated heterocycles. The summed E-state index contributed by atoms with van der Waals surface area (Å²) in [5.74, 6) is -1.24. The molecule has 2 N–H and O–H groups in total. The molecule has 0 amide bonds.